The summed E-state index contributed by atoms with van der Waals surface area (Å²) in [7, 11) is 0. The topological polar surface area (TPSA) is 29.1 Å². The molecule has 0 aliphatic rings. The fourth-order valence-corrected chi connectivity index (χ4v) is 2.65. The van der Waals surface area contributed by atoms with Crippen molar-refractivity contribution in [2.45, 2.75) is 74.7 Å². The fraction of sp³-hybridized carbons (Fsp3) is 0.938. The molecule has 0 rings (SSSR count). The van der Waals surface area contributed by atoms with Gasteiger partial charge in [0.1, 0.15) is 0 Å². The van der Waals surface area contributed by atoms with E-state index in [1.54, 1.807) is 6.92 Å². The van der Waals surface area contributed by atoms with Gasteiger partial charge in [0.2, 0.25) is 5.91 Å². The van der Waals surface area contributed by atoms with Crippen molar-refractivity contribution >= 4 is 5.91 Å². The van der Waals surface area contributed by atoms with E-state index in [4.69, 9.17) is 0 Å². The summed E-state index contributed by atoms with van der Waals surface area (Å²) in [5.74, 6) is 0.0667. The Hall–Kier alpha value is -0.530. The molecule has 0 aromatic heterocycles. The average molecular weight is 255 g/mol. The molecule has 0 aromatic carbocycles. The van der Waals surface area contributed by atoms with Gasteiger partial charge in [-0.05, 0) is 35.5 Å². The van der Waals surface area contributed by atoms with E-state index in [0.717, 1.165) is 13.0 Å². The van der Waals surface area contributed by atoms with Crippen LogP contribution in [0.25, 0.3) is 0 Å². The minimum absolute atomic E-state index is 0.0667. The van der Waals surface area contributed by atoms with Crippen LogP contribution in [-0.4, -0.2) is 12.5 Å². The van der Waals surface area contributed by atoms with Gasteiger partial charge in [0.05, 0.1) is 0 Å². The lowest BCUT2D eigenvalue weighted by molar-refractivity contribution is -0.119. The molecular formula is C16H33NO. The van der Waals surface area contributed by atoms with Gasteiger partial charge in [0.15, 0.2) is 0 Å². The van der Waals surface area contributed by atoms with E-state index in [1.165, 1.54) is 12.8 Å². The first kappa shape index (κ1) is 17.5. The van der Waals surface area contributed by atoms with Crippen molar-refractivity contribution in [3.63, 3.8) is 0 Å². The summed E-state index contributed by atoms with van der Waals surface area (Å²) in [6.07, 6.45) is 3.59. The van der Waals surface area contributed by atoms with E-state index in [1.807, 2.05) is 0 Å². The van der Waals surface area contributed by atoms with Crippen molar-refractivity contribution < 1.29 is 4.79 Å². The summed E-state index contributed by atoms with van der Waals surface area (Å²) < 4.78 is 0. The van der Waals surface area contributed by atoms with Crippen LogP contribution < -0.4 is 5.32 Å². The first-order chi connectivity index (χ1) is 7.83. The molecule has 2 heteroatoms. The molecule has 1 N–H and O–H groups in total. The first-order valence-electron chi connectivity index (χ1n) is 7.08. The van der Waals surface area contributed by atoms with Crippen molar-refractivity contribution in [2.75, 3.05) is 6.54 Å². The molecule has 0 saturated carbocycles. The minimum Gasteiger partial charge on any atom is -0.356 e. The number of carbonyl (C=O) groups excluding carboxylic acids is 1. The van der Waals surface area contributed by atoms with Crippen LogP contribution in [0.15, 0.2) is 0 Å². The van der Waals surface area contributed by atoms with Crippen molar-refractivity contribution in [1.29, 1.82) is 0 Å². The first-order valence-corrected chi connectivity index (χ1v) is 7.08. The Labute approximate surface area is 114 Å². The highest BCUT2D eigenvalue weighted by molar-refractivity contribution is 5.72. The third-order valence-corrected chi connectivity index (χ3v) is 3.30. The van der Waals surface area contributed by atoms with E-state index in [-0.39, 0.29) is 11.3 Å². The van der Waals surface area contributed by atoms with Crippen molar-refractivity contribution in [1.82, 2.24) is 5.32 Å². The molecule has 0 radical (unpaired) electrons. The highest BCUT2D eigenvalue weighted by atomic mass is 16.1. The zero-order chi connectivity index (χ0) is 14.6. The van der Waals surface area contributed by atoms with Gasteiger partial charge in [-0.1, -0.05) is 48.5 Å². The molecule has 0 spiro atoms. The lowest BCUT2D eigenvalue weighted by atomic mass is 9.71. The van der Waals surface area contributed by atoms with Crippen LogP contribution in [0, 0.1) is 16.2 Å². The predicted octanol–water partition coefficient (Wildman–Crippen LogP) is 4.39. The molecule has 0 unspecified atom stereocenters. The van der Waals surface area contributed by atoms with Gasteiger partial charge in [0.25, 0.3) is 0 Å². The van der Waals surface area contributed by atoms with E-state index >= 15 is 0 Å². The Morgan fingerprint density at radius 3 is 1.72 bits per heavy atom. The molecule has 0 bridgehead atoms. The van der Waals surface area contributed by atoms with Crippen LogP contribution in [0.3, 0.4) is 0 Å². The van der Waals surface area contributed by atoms with Crippen LogP contribution in [-0.2, 0) is 4.79 Å². The average Bonchev–Trinajstić information content (AvgIpc) is 2.09. The van der Waals surface area contributed by atoms with Crippen LogP contribution >= 0.6 is 0 Å². The SMILES string of the molecule is CC(=O)NCC(C)(C)CCC(C)(C)CC(C)(C)C. The van der Waals surface area contributed by atoms with Gasteiger partial charge in [-0.15, -0.1) is 0 Å². The number of nitrogens with one attached hydrogen (secondary N) is 1. The standard InChI is InChI=1S/C16H33NO/c1-13(18)17-12-16(7,8)10-9-15(5,6)11-14(2,3)4/h9-12H2,1-8H3,(H,17,18). The zero-order valence-electron chi connectivity index (χ0n) is 13.7. The second-order valence-electron chi connectivity index (χ2n) is 8.48. The largest absolute Gasteiger partial charge is 0.356 e. The van der Waals surface area contributed by atoms with Crippen molar-refractivity contribution in [2.24, 2.45) is 16.2 Å². The Balaban J connectivity index is 4.24. The van der Waals surface area contributed by atoms with Gasteiger partial charge < -0.3 is 5.32 Å². The molecule has 2 nitrogen and oxygen atoms in total. The van der Waals surface area contributed by atoms with Gasteiger partial charge in [-0.25, -0.2) is 0 Å². The molecule has 18 heavy (non-hydrogen) atoms. The molecule has 108 valence electrons. The summed E-state index contributed by atoms with van der Waals surface area (Å²) in [5.41, 5.74) is 0.928. The summed E-state index contributed by atoms with van der Waals surface area (Å²) >= 11 is 0. The van der Waals surface area contributed by atoms with E-state index in [0.29, 0.717) is 10.8 Å². The third-order valence-electron chi connectivity index (χ3n) is 3.30. The monoisotopic (exact) mass is 255 g/mol. The van der Waals surface area contributed by atoms with Crippen LogP contribution in [0.1, 0.15) is 74.7 Å². The highest BCUT2D eigenvalue weighted by Crippen LogP contribution is 2.39. The minimum atomic E-state index is 0.0667. The molecule has 0 heterocycles. The second-order valence-corrected chi connectivity index (χ2v) is 8.48. The number of hydrogen-bond acceptors (Lipinski definition) is 1. The second kappa shape index (κ2) is 6.08. The van der Waals surface area contributed by atoms with Gasteiger partial charge in [0, 0.05) is 13.5 Å². The molecular weight excluding hydrogens is 222 g/mol. The van der Waals surface area contributed by atoms with Crippen molar-refractivity contribution in [3.8, 4) is 0 Å². The Morgan fingerprint density at radius 2 is 1.33 bits per heavy atom. The maximum absolute atomic E-state index is 11.0. The van der Waals surface area contributed by atoms with Gasteiger partial charge in [-0.3, -0.25) is 4.79 Å². The predicted molar refractivity (Wildman–Crippen MR) is 79.6 cm³/mol. The molecule has 1 amide bonds. The maximum atomic E-state index is 11.0. The van der Waals surface area contributed by atoms with Crippen LogP contribution in [0.4, 0.5) is 0 Å². The smallest absolute Gasteiger partial charge is 0.216 e. The number of hydrogen-bond donors (Lipinski definition) is 1. The summed E-state index contributed by atoms with van der Waals surface area (Å²) in [4.78, 5) is 11.0. The summed E-state index contributed by atoms with van der Waals surface area (Å²) in [5, 5.41) is 2.93. The lowest BCUT2D eigenvalue weighted by Gasteiger charge is -2.35. The van der Waals surface area contributed by atoms with Gasteiger partial charge in [-0.2, -0.15) is 0 Å². The zero-order valence-corrected chi connectivity index (χ0v) is 13.7. The molecule has 0 aromatic rings. The van der Waals surface area contributed by atoms with E-state index in [2.05, 4.69) is 53.8 Å². The van der Waals surface area contributed by atoms with E-state index in [9.17, 15) is 4.79 Å². The summed E-state index contributed by atoms with van der Waals surface area (Å²) in [6.45, 7) is 18.4. The number of carbonyl (C=O) groups is 1. The fourth-order valence-electron chi connectivity index (χ4n) is 2.65. The molecule has 0 aliphatic carbocycles. The van der Waals surface area contributed by atoms with Gasteiger partial charge >= 0.3 is 0 Å². The Morgan fingerprint density at radius 1 is 0.889 bits per heavy atom. The Kier molecular flexibility index (Phi) is 5.90. The highest BCUT2D eigenvalue weighted by Gasteiger charge is 2.28. The van der Waals surface area contributed by atoms with Crippen molar-refractivity contribution in [3.05, 3.63) is 0 Å². The number of amides is 1. The third kappa shape index (κ3) is 9.49. The molecule has 0 saturated heterocycles. The Bertz CT molecular complexity index is 271. The molecule has 0 fully saturated rings. The quantitative estimate of drug-likeness (QED) is 0.749. The normalized spacial score (nSPS) is 13.6. The lowest BCUT2D eigenvalue weighted by Crippen LogP contribution is -2.33. The van der Waals surface area contributed by atoms with Crippen LogP contribution in [0.5, 0.6) is 0 Å². The summed E-state index contributed by atoms with van der Waals surface area (Å²) in [6, 6.07) is 0. The van der Waals surface area contributed by atoms with E-state index < -0.39 is 0 Å². The maximum Gasteiger partial charge on any atom is 0.216 e. The van der Waals surface area contributed by atoms with Crippen LogP contribution in [0.2, 0.25) is 0 Å². The number of rotatable bonds is 6. The molecule has 0 atom stereocenters. The molecule has 0 aliphatic heterocycles.